The fourth-order valence-electron chi connectivity index (χ4n) is 2.85. The number of hydrogen-bond donors (Lipinski definition) is 0. The molecule has 0 saturated heterocycles. The Kier molecular flexibility index (Phi) is 5.89. The highest BCUT2D eigenvalue weighted by Crippen LogP contribution is 2.33. The van der Waals surface area contributed by atoms with E-state index in [-0.39, 0.29) is 18.2 Å². The van der Waals surface area contributed by atoms with Gasteiger partial charge in [0.25, 0.3) is 5.88 Å². The van der Waals surface area contributed by atoms with Crippen molar-refractivity contribution in [3.63, 3.8) is 0 Å². The number of benzene rings is 2. The van der Waals surface area contributed by atoms with Crippen LogP contribution in [0.25, 0.3) is 22.5 Å². The van der Waals surface area contributed by atoms with Crippen LogP contribution in [-0.4, -0.2) is 15.0 Å². The molecule has 0 fully saturated rings. The van der Waals surface area contributed by atoms with Gasteiger partial charge in [0, 0.05) is 39.1 Å². The first-order valence-electron chi connectivity index (χ1n) is 9.00. The van der Waals surface area contributed by atoms with Crippen LogP contribution in [0.1, 0.15) is 11.3 Å². The summed E-state index contributed by atoms with van der Waals surface area (Å²) in [5.41, 5.74) is 3.67. The zero-order valence-electron chi connectivity index (χ0n) is 15.6. The van der Waals surface area contributed by atoms with Crippen LogP contribution in [0.2, 0.25) is 10.0 Å². The van der Waals surface area contributed by atoms with E-state index in [1.807, 2.05) is 36.4 Å². The van der Waals surface area contributed by atoms with Gasteiger partial charge in [-0.1, -0.05) is 53.5 Å². The summed E-state index contributed by atoms with van der Waals surface area (Å²) in [5, 5.41) is 10.9. The summed E-state index contributed by atoms with van der Waals surface area (Å²) in [4.78, 5) is 13.3. The standard InChI is InChI=1S/C23H14Cl2N4O/c24-18-7-3-16(4-8-18)21-22(17-5-9-19(25)10-6-17)29-23(20(12-26)28-21)30-14-15-2-1-11-27-13-15/h1-11,13H,14H2. The Bertz CT molecular complexity index is 1210. The first-order chi connectivity index (χ1) is 14.6. The molecular formula is C23H14Cl2N4O. The van der Waals surface area contributed by atoms with Crippen LogP contribution in [0.15, 0.2) is 73.1 Å². The zero-order chi connectivity index (χ0) is 20.9. The summed E-state index contributed by atoms with van der Waals surface area (Å²) < 4.78 is 5.83. The predicted octanol–water partition coefficient (Wildman–Crippen LogP) is 5.96. The normalized spacial score (nSPS) is 10.4. The van der Waals surface area contributed by atoms with E-state index in [4.69, 9.17) is 27.9 Å². The monoisotopic (exact) mass is 432 g/mol. The van der Waals surface area contributed by atoms with Crippen molar-refractivity contribution < 1.29 is 4.74 Å². The highest BCUT2D eigenvalue weighted by molar-refractivity contribution is 6.31. The lowest BCUT2D eigenvalue weighted by Crippen LogP contribution is -2.04. The van der Waals surface area contributed by atoms with E-state index in [0.717, 1.165) is 16.7 Å². The molecule has 2 aromatic heterocycles. The minimum atomic E-state index is 0.0987. The summed E-state index contributed by atoms with van der Waals surface area (Å²) >= 11 is 12.1. The summed E-state index contributed by atoms with van der Waals surface area (Å²) in [6, 6.07) is 20.2. The van der Waals surface area contributed by atoms with Crippen LogP contribution in [0.3, 0.4) is 0 Å². The van der Waals surface area contributed by atoms with Gasteiger partial charge in [-0.05, 0) is 30.3 Å². The second-order valence-electron chi connectivity index (χ2n) is 6.35. The van der Waals surface area contributed by atoms with Gasteiger partial charge < -0.3 is 4.74 Å². The van der Waals surface area contributed by atoms with E-state index in [1.165, 1.54) is 0 Å². The number of rotatable bonds is 5. The maximum absolute atomic E-state index is 9.65. The van der Waals surface area contributed by atoms with E-state index in [2.05, 4.69) is 21.0 Å². The van der Waals surface area contributed by atoms with Gasteiger partial charge in [0.15, 0.2) is 0 Å². The van der Waals surface area contributed by atoms with E-state index in [9.17, 15) is 5.26 Å². The van der Waals surface area contributed by atoms with Gasteiger partial charge in [-0.15, -0.1) is 0 Å². The molecule has 4 aromatic rings. The zero-order valence-corrected chi connectivity index (χ0v) is 17.1. The molecule has 2 heterocycles. The minimum absolute atomic E-state index is 0.0987. The lowest BCUT2D eigenvalue weighted by molar-refractivity contribution is 0.291. The molecule has 0 spiro atoms. The number of ether oxygens (including phenoxy) is 1. The Labute approximate surface area is 183 Å². The third kappa shape index (κ3) is 4.41. The van der Waals surface area contributed by atoms with Crippen molar-refractivity contribution in [3.05, 3.63) is 94.4 Å². The molecular weight excluding hydrogens is 419 g/mol. The Balaban J connectivity index is 1.82. The maximum atomic E-state index is 9.65. The number of halogens is 2. The molecule has 0 unspecified atom stereocenters. The molecule has 4 rings (SSSR count). The maximum Gasteiger partial charge on any atom is 0.252 e. The average Bonchev–Trinajstić information content (AvgIpc) is 2.79. The van der Waals surface area contributed by atoms with Crippen molar-refractivity contribution >= 4 is 23.2 Å². The lowest BCUT2D eigenvalue weighted by atomic mass is 10.0. The molecule has 0 aliphatic carbocycles. The second kappa shape index (κ2) is 8.91. The third-order valence-electron chi connectivity index (χ3n) is 4.30. The number of nitrogens with zero attached hydrogens (tertiary/aromatic N) is 4. The van der Waals surface area contributed by atoms with Crippen molar-refractivity contribution in [2.24, 2.45) is 0 Å². The second-order valence-corrected chi connectivity index (χ2v) is 7.22. The average molecular weight is 433 g/mol. The van der Waals surface area contributed by atoms with Gasteiger partial charge in [-0.3, -0.25) is 4.98 Å². The van der Waals surface area contributed by atoms with Crippen LogP contribution < -0.4 is 4.74 Å². The lowest BCUT2D eigenvalue weighted by Gasteiger charge is -2.13. The molecule has 0 N–H and O–H groups in total. The van der Waals surface area contributed by atoms with E-state index in [0.29, 0.717) is 21.4 Å². The molecule has 0 saturated carbocycles. The van der Waals surface area contributed by atoms with Crippen LogP contribution >= 0.6 is 23.2 Å². The number of nitriles is 1. The number of hydrogen-bond acceptors (Lipinski definition) is 5. The molecule has 0 bridgehead atoms. The van der Waals surface area contributed by atoms with Crippen LogP contribution in [0.4, 0.5) is 0 Å². The van der Waals surface area contributed by atoms with E-state index >= 15 is 0 Å². The minimum Gasteiger partial charge on any atom is -0.471 e. The van der Waals surface area contributed by atoms with Crippen molar-refractivity contribution in [1.82, 2.24) is 15.0 Å². The molecule has 0 radical (unpaired) electrons. The van der Waals surface area contributed by atoms with Crippen LogP contribution in [0.5, 0.6) is 5.88 Å². The summed E-state index contributed by atoms with van der Waals surface area (Å²) in [6.07, 6.45) is 3.38. The Hall–Kier alpha value is -3.46. The smallest absolute Gasteiger partial charge is 0.252 e. The molecule has 2 aromatic carbocycles. The Morgan fingerprint density at radius 3 is 1.97 bits per heavy atom. The molecule has 30 heavy (non-hydrogen) atoms. The van der Waals surface area contributed by atoms with Crippen molar-refractivity contribution in [3.8, 4) is 34.5 Å². The first-order valence-corrected chi connectivity index (χ1v) is 9.75. The van der Waals surface area contributed by atoms with Gasteiger partial charge in [-0.25, -0.2) is 9.97 Å². The Morgan fingerprint density at radius 1 is 0.833 bits per heavy atom. The Morgan fingerprint density at radius 2 is 1.43 bits per heavy atom. The van der Waals surface area contributed by atoms with Gasteiger partial charge >= 0.3 is 0 Å². The molecule has 5 nitrogen and oxygen atoms in total. The van der Waals surface area contributed by atoms with Crippen molar-refractivity contribution in [1.29, 1.82) is 5.26 Å². The van der Waals surface area contributed by atoms with Gasteiger partial charge in [0.2, 0.25) is 5.69 Å². The highest BCUT2D eigenvalue weighted by Gasteiger charge is 2.18. The number of aromatic nitrogens is 3. The molecule has 0 aliphatic heterocycles. The summed E-state index contributed by atoms with van der Waals surface area (Å²) in [6.45, 7) is 0.220. The summed E-state index contributed by atoms with van der Waals surface area (Å²) in [5.74, 6) is 0.156. The van der Waals surface area contributed by atoms with Gasteiger partial charge in [0.05, 0.1) is 5.69 Å². The van der Waals surface area contributed by atoms with Crippen LogP contribution in [-0.2, 0) is 6.61 Å². The quantitative estimate of drug-likeness (QED) is 0.388. The fourth-order valence-corrected chi connectivity index (χ4v) is 3.10. The molecule has 146 valence electrons. The first kappa shape index (κ1) is 19.8. The molecule has 0 amide bonds. The third-order valence-corrected chi connectivity index (χ3v) is 4.81. The van der Waals surface area contributed by atoms with Gasteiger partial charge in [-0.2, -0.15) is 5.26 Å². The topological polar surface area (TPSA) is 71.7 Å². The summed E-state index contributed by atoms with van der Waals surface area (Å²) in [7, 11) is 0. The van der Waals surface area contributed by atoms with Crippen molar-refractivity contribution in [2.45, 2.75) is 6.61 Å². The highest BCUT2D eigenvalue weighted by atomic mass is 35.5. The molecule has 7 heteroatoms. The molecule has 0 aliphatic rings. The molecule has 0 atom stereocenters. The largest absolute Gasteiger partial charge is 0.471 e. The SMILES string of the molecule is N#Cc1nc(-c2ccc(Cl)cc2)c(-c2ccc(Cl)cc2)nc1OCc1cccnc1. The van der Waals surface area contributed by atoms with Gasteiger partial charge in [0.1, 0.15) is 18.4 Å². The number of pyridine rings is 1. The van der Waals surface area contributed by atoms with Crippen LogP contribution in [0, 0.1) is 11.3 Å². The van der Waals surface area contributed by atoms with E-state index < -0.39 is 0 Å². The van der Waals surface area contributed by atoms with E-state index in [1.54, 1.807) is 36.7 Å². The van der Waals surface area contributed by atoms with Crippen molar-refractivity contribution in [2.75, 3.05) is 0 Å². The predicted molar refractivity (Wildman–Crippen MR) is 116 cm³/mol. The fraction of sp³-hybridized carbons (Fsp3) is 0.0435.